The molecule has 1 aromatic carbocycles. The fraction of sp³-hybridized carbons (Fsp3) is 0.500. The second-order valence-corrected chi connectivity index (χ2v) is 8.86. The van der Waals surface area contributed by atoms with Gasteiger partial charge in [-0.05, 0) is 36.6 Å². The summed E-state index contributed by atoms with van der Waals surface area (Å²) in [6.45, 7) is 8.65. The fourth-order valence-electron chi connectivity index (χ4n) is 3.59. The SMILES string of the molecule is CN(CCCn1c(=O)c2c(ncn2C)n(C)c1=O)Cc1ccc(C(C)(C)C)cc1. The lowest BCUT2D eigenvalue weighted by Crippen LogP contribution is -2.40. The molecule has 7 heteroatoms. The molecule has 0 aliphatic carbocycles. The fourth-order valence-corrected chi connectivity index (χ4v) is 3.59. The van der Waals surface area contributed by atoms with Crippen molar-refractivity contribution in [3.8, 4) is 0 Å². The van der Waals surface area contributed by atoms with E-state index in [9.17, 15) is 9.59 Å². The van der Waals surface area contributed by atoms with Crippen molar-refractivity contribution < 1.29 is 0 Å². The van der Waals surface area contributed by atoms with Gasteiger partial charge >= 0.3 is 5.69 Å². The zero-order chi connectivity index (χ0) is 21.3. The van der Waals surface area contributed by atoms with Crippen LogP contribution in [0.5, 0.6) is 0 Å². The zero-order valence-electron chi connectivity index (χ0n) is 18.3. The van der Waals surface area contributed by atoms with Gasteiger partial charge < -0.3 is 9.47 Å². The second kappa shape index (κ2) is 7.99. The first-order chi connectivity index (χ1) is 13.6. The lowest BCUT2D eigenvalue weighted by molar-refractivity contribution is 0.312. The summed E-state index contributed by atoms with van der Waals surface area (Å²) in [5.74, 6) is 0. The largest absolute Gasteiger partial charge is 0.332 e. The van der Waals surface area contributed by atoms with E-state index in [1.807, 2.05) is 0 Å². The number of benzene rings is 1. The van der Waals surface area contributed by atoms with Gasteiger partial charge in [0.25, 0.3) is 5.56 Å². The molecule has 0 spiro atoms. The van der Waals surface area contributed by atoms with Gasteiger partial charge in [0.05, 0.1) is 6.33 Å². The van der Waals surface area contributed by atoms with E-state index in [-0.39, 0.29) is 16.7 Å². The van der Waals surface area contributed by atoms with E-state index in [4.69, 9.17) is 0 Å². The summed E-state index contributed by atoms with van der Waals surface area (Å²) in [5.41, 5.74) is 3.02. The summed E-state index contributed by atoms with van der Waals surface area (Å²) in [6, 6.07) is 8.73. The van der Waals surface area contributed by atoms with Gasteiger partial charge in [-0.15, -0.1) is 0 Å². The maximum absolute atomic E-state index is 12.7. The van der Waals surface area contributed by atoms with Gasteiger partial charge in [-0.2, -0.15) is 0 Å². The van der Waals surface area contributed by atoms with Crippen molar-refractivity contribution in [2.75, 3.05) is 13.6 Å². The highest BCUT2D eigenvalue weighted by Crippen LogP contribution is 2.22. The molecule has 0 radical (unpaired) electrons. The monoisotopic (exact) mass is 397 g/mol. The molecule has 0 N–H and O–H groups in total. The Bertz CT molecular complexity index is 1110. The first-order valence-corrected chi connectivity index (χ1v) is 9.98. The van der Waals surface area contributed by atoms with Crippen LogP contribution in [0.3, 0.4) is 0 Å². The van der Waals surface area contributed by atoms with Crippen molar-refractivity contribution in [1.29, 1.82) is 0 Å². The third-order valence-corrected chi connectivity index (χ3v) is 5.40. The number of imidazole rings is 1. The number of nitrogens with zero attached hydrogens (tertiary/aromatic N) is 5. The van der Waals surface area contributed by atoms with E-state index in [1.54, 1.807) is 25.0 Å². The van der Waals surface area contributed by atoms with Crippen LogP contribution >= 0.6 is 0 Å². The Hall–Kier alpha value is -2.67. The molecular weight excluding hydrogens is 366 g/mol. The van der Waals surface area contributed by atoms with Crippen molar-refractivity contribution in [2.24, 2.45) is 14.1 Å². The quantitative estimate of drug-likeness (QED) is 0.640. The molecule has 0 aliphatic rings. The maximum Gasteiger partial charge on any atom is 0.332 e. The van der Waals surface area contributed by atoms with Crippen LogP contribution in [-0.4, -0.2) is 37.2 Å². The molecule has 0 saturated carbocycles. The highest BCUT2D eigenvalue weighted by atomic mass is 16.2. The normalized spacial score (nSPS) is 12.2. The van der Waals surface area contributed by atoms with Crippen LogP contribution in [0.4, 0.5) is 0 Å². The highest BCUT2D eigenvalue weighted by Gasteiger charge is 2.15. The second-order valence-electron chi connectivity index (χ2n) is 8.86. The summed E-state index contributed by atoms with van der Waals surface area (Å²) in [4.78, 5) is 31.7. The number of hydrogen-bond donors (Lipinski definition) is 0. The lowest BCUT2D eigenvalue weighted by atomic mass is 9.87. The van der Waals surface area contributed by atoms with Gasteiger partial charge in [0.2, 0.25) is 0 Å². The standard InChI is InChI=1S/C22H31N5O2/c1-22(2,3)17-10-8-16(9-11-17)14-24(4)12-7-13-27-20(28)18-19(23-15-25(18)5)26(6)21(27)29/h8-11,15H,7,12-14H2,1-6H3. The van der Waals surface area contributed by atoms with Crippen molar-refractivity contribution in [2.45, 2.75) is 45.7 Å². The van der Waals surface area contributed by atoms with Crippen LogP contribution in [0.15, 0.2) is 40.2 Å². The summed E-state index contributed by atoms with van der Waals surface area (Å²) < 4.78 is 4.42. The maximum atomic E-state index is 12.7. The Labute approximate surface area is 171 Å². The summed E-state index contributed by atoms with van der Waals surface area (Å²) in [6.07, 6.45) is 2.28. The van der Waals surface area contributed by atoms with Gasteiger partial charge in [0, 0.05) is 27.2 Å². The summed E-state index contributed by atoms with van der Waals surface area (Å²) in [5, 5.41) is 0. The first-order valence-electron chi connectivity index (χ1n) is 9.98. The van der Waals surface area contributed by atoms with Crippen LogP contribution in [0, 0.1) is 0 Å². The number of aromatic nitrogens is 4. The topological polar surface area (TPSA) is 65.1 Å². The number of hydrogen-bond acceptors (Lipinski definition) is 4. The molecule has 29 heavy (non-hydrogen) atoms. The minimum absolute atomic E-state index is 0.152. The van der Waals surface area contributed by atoms with E-state index in [0.29, 0.717) is 17.7 Å². The Kier molecular flexibility index (Phi) is 5.80. The van der Waals surface area contributed by atoms with Crippen LogP contribution in [0.25, 0.3) is 11.2 Å². The summed E-state index contributed by atoms with van der Waals surface area (Å²) in [7, 11) is 5.48. The van der Waals surface area contributed by atoms with Crippen molar-refractivity contribution >= 4 is 11.2 Å². The molecule has 3 rings (SSSR count). The predicted octanol–water partition coefficient (Wildman–Crippen LogP) is 2.25. The third-order valence-electron chi connectivity index (χ3n) is 5.40. The third kappa shape index (κ3) is 4.34. The molecule has 0 saturated heterocycles. The average molecular weight is 398 g/mol. The molecule has 0 unspecified atom stereocenters. The van der Waals surface area contributed by atoms with Gasteiger partial charge in [-0.25, -0.2) is 9.78 Å². The number of aryl methyl sites for hydroxylation is 2. The van der Waals surface area contributed by atoms with Gasteiger partial charge in [0.15, 0.2) is 11.2 Å². The van der Waals surface area contributed by atoms with E-state index in [0.717, 1.165) is 19.5 Å². The van der Waals surface area contributed by atoms with Gasteiger partial charge in [-0.3, -0.25) is 13.9 Å². The molecule has 2 aromatic heterocycles. The predicted molar refractivity (Wildman–Crippen MR) is 116 cm³/mol. The van der Waals surface area contributed by atoms with Crippen molar-refractivity contribution in [3.05, 3.63) is 62.6 Å². The van der Waals surface area contributed by atoms with Gasteiger partial charge in [0.1, 0.15) is 0 Å². The molecule has 7 nitrogen and oxygen atoms in total. The minimum atomic E-state index is -0.318. The number of rotatable bonds is 6. The van der Waals surface area contributed by atoms with Crippen LogP contribution in [0.2, 0.25) is 0 Å². The minimum Gasteiger partial charge on any atom is -0.328 e. The zero-order valence-corrected chi connectivity index (χ0v) is 18.3. The molecule has 0 atom stereocenters. The molecular formula is C22H31N5O2. The Morgan fingerprint density at radius 2 is 1.72 bits per heavy atom. The molecule has 3 aromatic rings. The summed E-state index contributed by atoms with van der Waals surface area (Å²) >= 11 is 0. The van der Waals surface area contributed by atoms with E-state index >= 15 is 0 Å². The molecule has 0 fully saturated rings. The molecule has 0 aliphatic heterocycles. The number of fused-ring (bicyclic) bond motifs is 1. The van der Waals surface area contributed by atoms with Crippen molar-refractivity contribution in [3.63, 3.8) is 0 Å². The van der Waals surface area contributed by atoms with E-state index < -0.39 is 0 Å². The Balaban J connectivity index is 1.65. The van der Waals surface area contributed by atoms with E-state index in [2.05, 4.69) is 62.0 Å². The molecule has 2 heterocycles. The van der Waals surface area contributed by atoms with Gasteiger partial charge in [-0.1, -0.05) is 45.0 Å². The van der Waals surface area contributed by atoms with Crippen LogP contribution in [0.1, 0.15) is 38.3 Å². The van der Waals surface area contributed by atoms with E-state index in [1.165, 1.54) is 20.3 Å². The van der Waals surface area contributed by atoms with Crippen LogP contribution in [-0.2, 0) is 32.6 Å². The Morgan fingerprint density at radius 1 is 1.07 bits per heavy atom. The molecule has 156 valence electrons. The average Bonchev–Trinajstić information content (AvgIpc) is 3.04. The Morgan fingerprint density at radius 3 is 2.34 bits per heavy atom. The van der Waals surface area contributed by atoms with Crippen molar-refractivity contribution in [1.82, 2.24) is 23.6 Å². The first kappa shape index (κ1) is 21.0. The molecule has 0 bridgehead atoms. The highest BCUT2D eigenvalue weighted by molar-refractivity contribution is 5.69. The van der Waals surface area contributed by atoms with Crippen LogP contribution < -0.4 is 11.2 Å². The smallest absolute Gasteiger partial charge is 0.328 e. The lowest BCUT2D eigenvalue weighted by Gasteiger charge is -2.21. The molecule has 0 amide bonds.